The van der Waals surface area contributed by atoms with Crippen molar-refractivity contribution in [2.75, 3.05) is 18.8 Å². The van der Waals surface area contributed by atoms with Gasteiger partial charge < -0.3 is 16.0 Å². The number of likely N-dealkylation sites (tertiary alicyclic amines) is 1. The molecule has 3 N–H and O–H groups in total. The van der Waals surface area contributed by atoms with E-state index in [0.29, 0.717) is 11.3 Å². The van der Waals surface area contributed by atoms with E-state index in [-0.39, 0.29) is 0 Å². The number of anilines is 1. The molecular formula is C28H31N5. The quantitative estimate of drug-likeness (QED) is 0.539. The summed E-state index contributed by atoms with van der Waals surface area (Å²) >= 11 is 0. The molecule has 0 unspecified atom stereocenters. The molecule has 1 aromatic heterocycles. The Morgan fingerprint density at radius 1 is 1.18 bits per heavy atom. The summed E-state index contributed by atoms with van der Waals surface area (Å²) in [6.07, 6.45) is 11.9. The first-order valence-corrected chi connectivity index (χ1v) is 11.7. The SMILES string of the molecule is C=C/C(NC(=C1CC1)c1nc(-c2cccc(C#N)c2)ccc1N)=C(\C=C/C)N1CCCCC1. The van der Waals surface area contributed by atoms with Crippen LogP contribution in [-0.4, -0.2) is 23.0 Å². The Kier molecular flexibility index (Phi) is 6.95. The molecule has 2 fully saturated rings. The lowest BCUT2D eigenvalue weighted by Gasteiger charge is -2.31. The summed E-state index contributed by atoms with van der Waals surface area (Å²) in [5.74, 6) is 0. The van der Waals surface area contributed by atoms with Gasteiger partial charge in [0.25, 0.3) is 0 Å². The highest BCUT2D eigenvalue weighted by Gasteiger charge is 2.24. The van der Waals surface area contributed by atoms with E-state index in [9.17, 15) is 5.26 Å². The van der Waals surface area contributed by atoms with E-state index in [0.717, 1.165) is 60.0 Å². The van der Waals surface area contributed by atoms with Crippen LogP contribution in [0.25, 0.3) is 17.0 Å². The minimum absolute atomic E-state index is 0.612. The molecule has 0 spiro atoms. The maximum Gasteiger partial charge on any atom is 0.110 e. The van der Waals surface area contributed by atoms with Crippen molar-refractivity contribution in [1.29, 1.82) is 5.26 Å². The van der Waals surface area contributed by atoms with Crippen molar-refractivity contribution in [3.05, 3.63) is 89.4 Å². The van der Waals surface area contributed by atoms with Crippen molar-refractivity contribution in [2.45, 2.75) is 39.0 Å². The molecule has 1 saturated heterocycles. The third kappa shape index (κ3) is 5.18. The van der Waals surface area contributed by atoms with E-state index in [1.807, 2.05) is 43.3 Å². The maximum absolute atomic E-state index is 9.27. The van der Waals surface area contributed by atoms with Gasteiger partial charge in [0.1, 0.15) is 5.69 Å². The van der Waals surface area contributed by atoms with Gasteiger partial charge >= 0.3 is 0 Å². The largest absolute Gasteiger partial charge is 0.397 e. The zero-order chi connectivity index (χ0) is 23.2. The van der Waals surface area contributed by atoms with E-state index in [1.54, 1.807) is 6.07 Å². The van der Waals surface area contributed by atoms with Gasteiger partial charge in [-0.05, 0) is 81.0 Å². The molecule has 168 valence electrons. The Balaban J connectivity index is 1.74. The average Bonchev–Trinajstić information content (AvgIpc) is 3.70. The van der Waals surface area contributed by atoms with Gasteiger partial charge in [0.2, 0.25) is 0 Å². The Morgan fingerprint density at radius 2 is 1.97 bits per heavy atom. The lowest BCUT2D eigenvalue weighted by Crippen LogP contribution is -2.31. The van der Waals surface area contributed by atoms with Crippen molar-refractivity contribution in [3.8, 4) is 17.3 Å². The van der Waals surface area contributed by atoms with Crippen molar-refractivity contribution in [2.24, 2.45) is 0 Å². The second kappa shape index (κ2) is 10.2. The van der Waals surface area contributed by atoms with Crippen molar-refractivity contribution in [3.63, 3.8) is 0 Å². The Morgan fingerprint density at radius 3 is 2.64 bits per heavy atom. The summed E-state index contributed by atoms with van der Waals surface area (Å²) in [5, 5.41) is 12.9. The summed E-state index contributed by atoms with van der Waals surface area (Å²) in [7, 11) is 0. The summed E-state index contributed by atoms with van der Waals surface area (Å²) in [5.41, 5.74) is 14.5. The number of nitrogens with zero attached hydrogens (tertiary/aromatic N) is 3. The minimum atomic E-state index is 0.612. The molecule has 5 heteroatoms. The molecule has 4 rings (SSSR count). The van der Waals surface area contributed by atoms with Crippen LogP contribution in [0.3, 0.4) is 0 Å². The summed E-state index contributed by atoms with van der Waals surface area (Å²) in [4.78, 5) is 7.38. The molecule has 0 atom stereocenters. The lowest BCUT2D eigenvalue weighted by atomic mass is 10.1. The van der Waals surface area contributed by atoms with Gasteiger partial charge in [0, 0.05) is 18.7 Å². The second-order valence-electron chi connectivity index (χ2n) is 8.48. The number of nitrogen functional groups attached to an aromatic ring is 1. The molecule has 0 amide bonds. The second-order valence-corrected chi connectivity index (χ2v) is 8.48. The third-order valence-electron chi connectivity index (χ3n) is 6.07. The summed E-state index contributed by atoms with van der Waals surface area (Å²) in [6.45, 7) is 8.25. The first kappa shape index (κ1) is 22.4. The molecule has 33 heavy (non-hydrogen) atoms. The predicted octanol–water partition coefficient (Wildman–Crippen LogP) is 5.76. The summed E-state index contributed by atoms with van der Waals surface area (Å²) < 4.78 is 0. The Bertz CT molecular complexity index is 1170. The summed E-state index contributed by atoms with van der Waals surface area (Å²) in [6, 6.07) is 13.5. The highest BCUT2D eigenvalue weighted by Crippen LogP contribution is 2.37. The maximum atomic E-state index is 9.27. The molecular weight excluding hydrogens is 406 g/mol. The average molecular weight is 438 g/mol. The van der Waals surface area contributed by atoms with Crippen LogP contribution < -0.4 is 11.1 Å². The van der Waals surface area contributed by atoms with Crippen LogP contribution in [0.2, 0.25) is 0 Å². The van der Waals surface area contributed by atoms with Crippen LogP contribution in [0.5, 0.6) is 0 Å². The number of nitrogens with two attached hydrogens (primary N) is 1. The molecule has 2 aromatic rings. The fraction of sp³-hybridized carbons (Fsp3) is 0.286. The van der Waals surface area contributed by atoms with Gasteiger partial charge in [0.05, 0.1) is 40.1 Å². The monoisotopic (exact) mass is 437 g/mol. The highest BCUT2D eigenvalue weighted by molar-refractivity contribution is 5.79. The van der Waals surface area contributed by atoms with Crippen LogP contribution in [0.4, 0.5) is 5.69 Å². The highest BCUT2D eigenvalue weighted by atomic mass is 15.2. The minimum Gasteiger partial charge on any atom is -0.397 e. The number of piperidine rings is 1. The topological polar surface area (TPSA) is 78.0 Å². The number of benzene rings is 1. The standard InChI is InChI=1S/C28H31N5/c1-3-9-26(33-16-6-5-7-17-33)24(4-2)31-27(21-12-13-21)28-23(30)14-15-25(32-28)22-11-8-10-20(18-22)19-29/h3-4,8-11,14-15,18,31H,2,5-7,12-13,16-17,30H2,1H3/b9-3-,26-24-. The van der Waals surface area contributed by atoms with E-state index in [4.69, 9.17) is 10.7 Å². The van der Waals surface area contributed by atoms with Gasteiger partial charge in [-0.3, -0.25) is 0 Å². The van der Waals surface area contributed by atoms with Crippen LogP contribution in [0.1, 0.15) is 50.3 Å². The first-order chi connectivity index (χ1) is 16.1. The zero-order valence-electron chi connectivity index (χ0n) is 19.3. The van der Waals surface area contributed by atoms with E-state index in [1.165, 1.54) is 24.8 Å². The Labute approximate surface area is 196 Å². The number of hydrogen-bond donors (Lipinski definition) is 2. The number of pyridine rings is 1. The van der Waals surface area contributed by atoms with Gasteiger partial charge in [-0.2, -0.15) is 5.26 Å². The molecule has 5 nitrogen and oxygen atoms in total. The van der Waals surface area contributed by atoms with Crippen molar-refractivity contribution < 1.29 is 0 Å². The normalized spacial score (nSPS) is 16.2. The Hall–Kier alpha value is -3.78. The van der Waals surface area contributed by atoms with E-state index < -0.39 is 0 Å². The van der Waals surface area contributed by atoms with E-state index in [2.05, 4.69) is 35.0 Å². The van der Waals surface area contributed by atoms with Crippen LogP contribution >= 0.6 is 0 Å². The van der Waals surface area contributed by atoms with Crippen LogP contribution in [-0.2, 0) is 0 Å². The molecule has 2 aliphatic rings. The molecule has 1 aliphatic carbocycles. The van der Waals surface area contributed by atoms with Crippen molar-refractivity contribution >= 4 is 11.4 Å². The van der Waals surface area contributed by atoms with Gasteiger partial charge in [-0.1, -0.05) is 24.8 Å². The fourth-order valence-corrected chi connectivity index (χ4v) is 4.22. The number of aromatic nitrogens is 1. The number of nitrogens with one attached hydrogen (secondary N) is 1. The van der Waals surface area contributed by atoms with Crippen LogP contribution in [0, 0.1) is 11.3 Å². The van der Waals surface area contributed by atoms with Crippen LogP contribution in [0.15, 0.2) is 78.2 Å². The third-order valence-corrected chi connectivity index (χ3v) is 6.07. The van der Waals surface area contributed by atoms with Gasteiger partial charge in [0.15, 0.2) is 0 Å². The number of hydrogen-bond acceptors (Lipinski definition) is 5. The predicted molar refractivity (Wildman–Crippen MR) is 136 cm³/mol. The first-order valence-electron chi connectivity index (χ1n) is 11.7. The molecule has 1 aliphatic heterocycles. The molecule has 2 heterocycles. The van der Waals surface area contributed by atoms with Gasteiger partial charge in [-0.15, -0.1) is 0 Å². The smallest absolute Gasteiger partial charge is 0.110 e. The van der Waals surface area contributed by atoms with E-state index >= 15 is 0 Å². The van der Waals surface area contributed by atoms with Crippen molar-refractivity contribution in [1.82, 2.24) is 15.2 Å². The molecule has 0 radical (unpaired) electrons. The number of allylic oxidation sites excluding steroid dienone is 4. The fourth-order valence-electron chi connectivity index (χ4n) is 4.22. The van der Waals surface area contributed by atoms with Gasteiger partial charge in [-0.25, -0.2) is 4.98 Å². The molecule has 0 bridgehead atoms. The number of rotatable bonds is 7. The number of nitriles is 1. The zero-order valence-corrected chi connectivity index (χ0v) is 19.3. The molecule has 1 aromatic carbocycles. The molecule has 1 saturated carbocycles. The lowest BCUT2D eigenvalue weighted by molar-refractivity contribution is 0.290.